The van der Waals surface area contributed by atoms with Gasteiger partial charge in [0.15, 0.2) is 0 Å². The van der Waals surface area contributed by atoms with E-state index < -0.39 is 0 Å². The van der Waals surface area contributed by atoms with Crippen molar-refractivity contribution in [2.75, 3.05) is 32.8 Å². The van der Waals surface area contributed by atoms with Gasteiger partial charge in [-0.3, -0.25) is 0 Å². The van der Waals surface area contributed by atoms with Crippen molar-refractivity contribution < 1.29 is 59.5 Å². The number of carbonyl (C=O) groups excluding carboxylic acids is 1. The van der Waals surface area contributed by atoms with Gasteiger partial charge in [0.25, 0.3) is 0 Å². The third-order valence-corrected chi connectivity index (χ3v) is 7.41. The van der Waals surface area contributed by atoms with Crippen molar-refractivity contribution in [1.29, 1.82) is 0 Å². The minimum atomic E-state index is 0. The van der Waals surface area contributed by atoms with Gasteiger partial charge in [0.2, 0.25) is 0 Å². The molecule has 2 heterocycles. The van der Waals surface area contributed by atoms with Gasteiger partial charge < -0.3 is 21.4 Å². The smallest absolute Gasteiger partial charge is 0.381 e. The molecular formula is C34H38LiNO2U-2. The molecule has 0 aliphatic carbocycles. The third-order valence-electron chi connectivity index (χ3n) is 7.41. The maximum atomic E-state index is 10.4. The Balaban J connectivity index is 0.000000303. The zero-order valence-electron chi connectivity index (χ0n) is 23.7. The van der Waals surface area contributed by atoms with Crippen molar-refractivity contribution >= 4 is 11.9 Å². The number of nitrogens with zero attached hydrogens (tertiary/aromatic N) is 1. The van der Waals surface area contributed by atoms with Crippen LogP contribution in [0.4, 0.5) is 0 Å². The first kappa shape index (κ1) is 33.7. The van der Waals surface area contributed by atoms with Crippen molar-refractivity contribution in [3.8, 4) is 0 Å². The number of rotatable bonds is 6. The molecule has 0 N–H and O–H groups in total. The maximum absolute atomic E-state index is 10.4. The monoisotopic (exact) mass is 737 g/mol. The number of aryl methyl sites for hydroxylation is 1. The molecule has 3 aromatic carbocycles. The SMILES string of the molecule is O=[C-]c1cccc(C2CCOC2)c1.[CH2-]CN1CCC(=C(c2ccc(C)cc2)c2ccc([CH-]C)cc2)CC1.[Li+].[U]. The molecule has 1 atom stereocenters. The van der Waals surface area contributed by atoms with Crippen LogP contribution in [0.2, 0.25) is 0 Å². The maximum Gasteiger partial charge on any atom is 1.00 e. The van der Waals surface area contributed by atoms with Gasteiger partial charge in [-0.05, 0) is 61.9 Å². The molecule has 39 heavy (non-hydrogen) atoms. The quantitative estimate of drug-likeness (QED) is 0.284. The van der Waals surface area contributed by atoms with Gasteiger partial charge in [-0.1, -0.05) is 54.0 Å². The number of piperidine rings is 1. The van der Waals surface area contributed by atoms with Crippen LogP contribution in [-0.4, -0.2) is 44.0 Å². The standard InChI is InChI=1S/C23H27N.C11H11O2.Li.U/c1-4-19-8-12-21(13-9-19)23(20-10-6-18(3)7-11-20)22-14-16-24(5-2)17-15-22;12-7-9-2-1-3-10(6-9)11-4-5-13-8-11;;/h4,6-13H,2,5,14-17H2,1,3H3;1-3,6,11H,4-5,8H2;;/q-2;-1;+1;. The molecule has 0 saturated carbocycles. The molecule has 5 heteroatoms. The van der Waals surface area contributed by atoms with E-state index in [2.05, 4.69) is 80.6 Å². The molecule has 0 radical (unpaired) electrons. The fourth-order valence-electron chi connectivity index (χ4n) is 5.09. The van der Waals surface area contributed by atoms with E-state index in [-0.39, 0.29) is 50.0 Å². The Kier molecular flexibility index (Phi) is 15.0. The number of ether oxygens (including phenoxy) is 1. The van der Waals surface area contributed by atoms with Crippen molar-refractivity contribution in [2.24, 2.45) is 0 Å². The molecule has 3 aromatic rings. The van der Waals surface area contributed by atoms with Gasteiger partial charge in [-0.2, -0.15) is 41.8 Å². The Morgan fingerprint density at radius 1 is 1.03 bits per heavy atom. The molecule has 2 saturated heterocycles. The zero-order valence-corrected chi connectivity index (χ0v) is 27.9. The van der Waals surface area contributed by atoms with Gasteiger partial charge in [-0.15, -0.1) is 24.7 Å². The van der Waals surface area contributed by atoms with E-state index in [0.717, 1.165) is 52.1 Å². The van der Waals surface area contributed by atoms with E-state index in [1.54, 1.807) is 11.6 Å². The average molecular weight is 738 g/mol. The zero-order chi connectivity index (χ0) is 26.0. The van der Waals surface area contributed by atoms with Crippen LogP contribution in [0, 0.1) is 51.4 Å². The topological polar surface area (TPSA) is 29.5 Å². The summed E-state index contributed by atoms with van der Waals surface area (Å²) in [7, 11) is 0. The van der Waals surface area contributed by atoms with Gasteiger partial charge in [0, 0.05) is 37.7 Å². The molecule has 1 unspecified atom stereocenters. The summed E-state index contributed by atoms with van der Waals surface area (Å²) in [6.07, 6.45) is 7.38. The van der Waals surface area contributed by atoms with E-state index in [4.69, 9.17) is 4.74 Å². The van der Waals surface area contributed by atoms with Crippen molar-refractivity contribution in [2.45, 2.75) is 39.0 Å². The Bertz CT molecular complexity index is 1170. The van der Waals surface area contributed by atoms with Gasteiger partial charge in [-0.25, -0.2) is 0 Å². The van der Waals surface area contributed by atoms with Crippen molar-refractivity contribution in [3.05, 3.63) is 125 Å². The Hall–Kier alpha value is -1.49. The number of likely N-dealkylation sites (tertiary alicyclic amines) is 1. The van der Waals surface area contributed by atoms with Crippen molar-refractivity contribution in [1.82, 2.24) is 4.90 Å². The Morgan fingerprint density at radius 2 is 1.67 bits per heavy atom. The van der Waals surface area contributed by atoms with E-state index >= 15 is 0 Å². The fourth-order valence-corrected chi connectivity index (χ4v) is 5.09. The summed E-state index contributed by atoms with van der Waals surface area (Å²) in [6, 6.07) is 25.6. The van der Waals surface area contributed by atoms with E-state index in [1.165, 1.54) is 33.4 Å². The summed E-state index contributed by atoms with van der Waals surface area (Å²) < 4.78 is 5.29. The average Bonchev–Trinajstić information content (AvgIpc) is 3.51. The van der Waals surface area contributed by atoms with Crippen LogP contribution in [0.1, 0.15) is 65.5 Å². The number of benzene rings is 3. The van der Waals surface area contributed by atoms with Crippen LogP contribution >= 0.6 is 0 Å². The second kappa shape index (κ2) is 17.4. The van der Waals surface area contributed by atoms with Crippen LogP contribution in [0.15, 0.2) is 78.4 Å². The molecule has 2 aliphatic rings. The molecule has 2 aliphatic heterocycles. The molecule has 3 nitrogen and oxygen atoms in total. The normalized spacial score (nSPS) is 16.7. The van der Waals surface area contributed by atoms with Crippen LogP contribution in [0.3, 0.4) is 0 Å². The van der Waals surface area contributed by atoms with Crippen LogP contribution < -0.4 is 18.9 Å². The molecule has 0 amide bonds. The molecule has 0 spiro atoms. The van der Waals surface area contributed by atoms with Crippen LogP contribution in [0.5, 0.6) is 0 Å². The summed E-state index contributed by atoms with van der Waals surface area (Å²) in [4.78, 5) is 12.9. The molecule has 198 valence electrons. The Morgan fingerprint density at radius 3 is 2.21 bits per heavy atom. The number of hydrogen-bond acceptors (Lipinski definition) is 3. The molecule has 5 rings (SSSR count). The largest absolute Gasteiger partial charge is 1.00 e. The second-order valence-corrected chi connectivity index (χ2v) is 9.88. The van der Waals surface area contributed by atoms with Crippen molar-refractivity contribution in [3.63, 3.8) is 0 Å². The minimum absolute atomic E-state index is 0. The molecule has 2 fully saturated rings. The fraction of sp³-hybridized carbons (Fsp3) is 0.324. The first-order valence-corrected chi connectivity index (χ1v) is 13.4. The van der Waals surface area contributed by atoms with E-state index in [1.807, 2.05) is 24.5 Å². The summed E-state index contributed by atoms with van der Waals surface area (Å²) in [5, 5.41) is 0. The summed E-state index contributed by atoms with van der Waals surface area (Å²) >= 11 is 0. The van der Waals surface area contributed by atoms with Crippen LogP contribution in [-0.2, 0) is 9.53 Å². The van der Waals surface area contributed by atoms with Crippen LogP contribution in [0.25, 0.3) is 5.57 Å². The Labute approximate surface area is 271 Å². The predicted molar refractivity (Wildman–Crippen MR) is 153 cm³/mol. The first-order chi connectivity index (χ1) is 18.1. The summed E-state index contributed by atoms with van der Waals surface area (Å²) in [6.45, 7) is 13.0. The number of hydrogen-bond donors (Lipinski definition) is 0. The minimum Gasteiger partial charge on any atom is -0.381 e. The molecule has 0 aromatic heterocycles. The summed E-state index contributed by atoms with van der Waals surface area (Å²) in [5.41, 5.74) is 10.1. The van der Waals surface area contributed by atoms with Gasteiger partial charge in [0.1, 0.15) is 0 Å². The molecule has 0 bridgehead atoms. The third kappa shape index (κ3) is 9.54. The first-order valence-electron chi connectivity index (χ1n) is 13.4. The summed E-state index contributed by atoms with van der Waals surface area (Å²) in [5.74, 6) is 0.466. The second-order valence-electron chi connectivity index (χ2n) is 9.88. The van der Waals surface area contributed by atoms with E-state index in [0.29, 0.717) is 11.5 Å². The predicted octanol–water partition coefficient (Wildman–Crippen LogP) is 3.95. The van der Waals surface area contributed by atoms with Gasteiger partial charge in [0.05, 0.1) is 12.9 Å². The van der Waals surface area contributed by atoms with Gasteiger partial charge >= 0.3 is 18.9 Å². The van der Waals surface area contributed by atoms with E-state index in [9.17, 15) is 4.79 Å². The molecular weight excluding hydrogens is 699 g/mol.